The van der Waals surface area contributed by atoms with E-state index in [1.807, 2.05) is 17.8 Å². The summed E-state index contributed by atoms with van der Waals surface area (Å²) in [5, 5.41) is 0. The summed E-state index contributed by atoms with van der Waals surface area (Å²) in [4.78, 5) is 7.33. The third-order valence-corrected chi connectivity index (χ3v) is 4.73. The molecule has 20 heavy (non-hydrogen) atoms. The van der Waals surface area contributed by atoms with Crippen molar-refractivity contribution in [3.05, 3.63) is 53.1 Å². The van der Waals surface area contributed by atoms with Crippen molar-refractivity contribution in [2.45, 2.75) is 25.5 Å². The topological polar surface area (TPSA) is 25.4 Å². The van der Waals surface area contributed by atoms with Crippen molar-refractivity contribution in [3.63, 3.8) is 0 Å². The lowest BCUT2D eigenvalue weighted by Gasteiger charge is -2.36. The molecular weight excluding hydrogens is 268 g/mol. The van der Waals surface area contributed by atoms with Crippen LogP contribution < -0.4 is 4.90 Å². The number of ether oxygens (including phenoxy) is 1. The molecule has 3 nitrogen and oxygen atoms in total. The molecule has 1 atom stereocenters. The average molecular weight is 283 g/mol. The second-order valence-electron chi connectivity index (χ2n) is 5.21. The van der Waals surface area contributed by atoms with Crippen LogP contribution in [-0.2, 0) is 4.74 Å². The first kappa shape index (κ1) is 12.0. The SMILES string of the molecule is [C]1=C(c2cncs2)OC(C2CCC2)N1c1ccccc1. The predicted octanol–water partition coefficient (Wildman–Crippen LogP) is 3.91. The largest absolute Gasteiger partial charge is 0.466 e. The zero-order valence-corrected chi connectivity index (χ0v) is 11.8. The molecule has 1 radical (unpaired) electrons. The summed E-state index contributed by atoms with van der Waals surface area (Å²) in [5.41, 5.74) is 2.97. The lowest BCUT2D eigenvalue weighted by Crippen LogP contribution is -2.38. The molecule has 0 spiro atoms. The van der Waals surface area contributed by atoms with Gasteiger partial charge in [-0.2, -0.15) is 0 Å². The van der Waals surface area contributed by atoms with E-state index < -0.39 is 0 Å². The summed E-state index contributed by atoms with van der Waals surface area (Å²) in [5.74, 6) is 1.43. The number of anilines is 1. The average Bonchev–Trinajstić information content (AvgIpc) is 3.06. The molecule has 4 rings (SSSR count). The van der Waals surface area contributed by atoms with Crippen molar-refractivity contribution in [3.8, 4) is 0 Å². The highest BCUT2D eigenvalue weighted by atomic mass is 32.1. The quantitative estimate of drug-likeness (QED) is 0.854. The van der Waals surface area contributed by atoms with E-state index in [0.29, 0.717) is 5.92 Å². The number of nitrogens with zero attached hydrogens (tertiary/aromatic N) is 2. The summed E-state index contributed by atoms with van der Waals surface area (Å²) < 4.78 is 6.18. The number of aromatic nitrogens is 1. The maximum absolute atomic E-state index is 6.18. The fourth-order valence-corrected chi connectivity index (χ4v) is 3.20. The molecule has 4 heteroatoms. The van der Waals surface area contributed by atoms with E-state index in [9.17, 15) is 0 Å². The maximum Gasteiger partial charge on any atom is 0.179 e. The van der Waals surface area contributed by atoms with Crippen molar-refractivity contribution in [2.75, 3.05) is 4.90 Å². The van der Waals surface area contributed by atoms with Gasteiger partial charge in [0.15, 0.2) is 12.0 Å². The summed E-state index contributed by atoms with van der Waals surface area (Å²) in [6.07, 6.45) is 9.13. The van der Waals surface area contributed by atoms with Gasteiger partial charge >= 0.3 is 0 Å². The van der Waals surface area contributed by atoms with Crippen LogP contribution >= 0.6 is 11.3 Å². The molecule has 1 aliphatic heterocycles. The van der Waals surface area contributed by atoms with Gasteiger partial charge in [0.25, 0.3) is 0 Å². The van der Waals surface area contributed by atoms with Gasteiger partial charge in [0.1, 0.15) is 6.20 Å². The Morgan fingerprint density at radius 2 is 2.10 bits per heavy atom. The Bertz CT molecular complexity index is 605. The zero-order chi connectivity index (χ0) is 13.4. The van der Waals surface area contributed by atoms with Gasteiger partial charge in [-0.05, 0) is 25.0 Å². The minimum atomic E-state index is 0.0863. The van der Waals surface area contributed by atoms with Crippen LogP contribution in [-0.4, -0.2) is 11.2 Å². The smallest absolute Gasteiger partial charge is 0.179 e. The lowest BCUT2D eigenvalue weighted by molar-refractivity contribution is 0.0789. The fraction of sp³-hybridized carbons (Fsp3) is 0.312. The molecule has 0 N–H and O–H groups in total. The van der Waals surface area contributed by atoms with Gasteiger partial charge < -0.3 is 4.74 Å². The molecule has 1 saturated carbocycles. The number of benzene rings is 1. The second-order valence-corrected chi connectivity index (χ2v) is 6.10. The zero-order valence-electron chi connectivity index (χ0n) is 11.0. The Kier molecular flexibility index (Phi) is 2.96. The van der Waals surface area contributed by atoms with Crippen molar-refractivity contribution in [2.24, 2.45) is 5.92 Å². The molecule has 2 heterocycles. The lowest BCUT2D eigenvalue weighted by atomic mass is 9.83. The second kappa shape index (κ2) is 4.94. The van der Waals surface area contributed by atoms with Gasteiger partial charge in [-0.15, -0.1) is 11.3 Å². The Morgan fingerprint density at radius 3 is 2.75 bits per heavy atom. The molecule has 0 amide bonds. The van der Waals surface area contributed by atoms with Gasteiger partial charge in [0, 0.05) is 17.8 Å². The molecule has 1 aromatic carbocycles. The number of rotatable bonds is 3. The molecular formula is C16H15N2OS. The maximum atomic E-state index is 6.18. The summed E-state index contributed by atoms with van der Waals surface area (Å²) in [7, 11) is 0. The first-order chi connectivity index (χ1) is 9.92. The molecule has 1 aliphatic carbocycles. The molecule has 1 unspecified atom stereocenters. The van der Waals surface area contributed by atoms with Gasteiger partial charge in [0.05, 0.1) is 10.4 Å². The van der Waals surface area contributed by atoms with Crippen molar-refractivity contribution in [1.82, 2.24) is 4.98 Å². The Balaban J connectivity index is 1.68. The highest BCUT2D eigenvalue weighted by Crippen LogP contribution is 2.41. The first-order valence-electron chi connectivity index (χ1n) is 6.95. The van der Waals surface area contributed by atoms with Crippen molar-refractivity contribution < 1.29 is 4.74 Å². The Hall–Kier alpha value is -1.81. The van der Waals surface area contributed by atoms with Crippen LogP contribution in [0.3, 0.4) is 0 Å². The van der Waals surface area contributed by atoms with Crippen LogP contribution in [0.4, 0.5) is 5.69 Å². The van der Waals surface area contributed by atoms with Gasteiger partial charge in [-0.25, -0.2) is 0 Å². The summed E-state index contributed by atoms with van der Waals surface area (Å²) in [6, 6.07) is 10.4. The van der Waals surface area contributed by atoms with Gasteiger partial charge in [-0.3, -0.25) is 9.88 Å². The van der Waals surface area contributed by atoms with Gasteiger partial charge in [0.2, 0.25) is 0 Å². The monoisotopic (exact) mass is 283 g/mol. The summed E-state index contributed by atoms with van der Waals surface area (Å²) in [6.45, 7) is 0. The van der Waals surface area contributed by atoms with Crippen LogP contribution in [0.15, 0.2) is 42.0 Å². The third-order valence-electron chi connectivity index (χ3n) is 3.96. The molecule has 0 bridgehead atoms. The first-order valence-corrected chi connectivity index (χ1v) is 7.83. The van der Waals surface area contributed by atoms with Crippen molar-refractivity contribution >= 4 is 22.8 Å². The fourth-order valence-electron chi connectivity index (χ4n) is 2.65. The molecule has 0 saturated heterocycles. The number of thiazole rings is 1. The van der Waals surface area contributed by atoms with E-state index in [2.05, 4.69) is 40.3 Å². The summed E-state index contributed by atoms with van der Waals surface area (Å²) >= 11 is 1.59. The number of para-hydroxylation sites is 1. The van der Waals surface area contributed by atoms with Crippen LogP contribution in [0.1, 0.15) is 24.1 Å². The molecule has 2 aliphatic rings. The number of hydrogen-bond donors (Lipinski definition) is 0. The van der Waals surface area contributed by atoms with E-state index >= 15 is 0 Å². The van der Waals surface area contributed by atoms with Crippen LogP contribution in [0, 0.1) is 12.1 Å². The third kappa shape index (κ3) is 2.00. The molecule has 1 fully saturated rings. The number of hydrogen-bond acceptors (Lipinski definition) is 4. The van der Waals surface area contributed by atoms with E-state index in [1.165, 1.54) is 19.3 Å². The molecule has 1 aromatic heterocycles. The predicted molar refractivity (Wildman–Crippen MR) is 79.9 cm³/mol. The minimum absolute atomic E-state index is 0.0863. The van der Waals surface area contributed by atoms with E-state index in [0.717, 1.165) is 16.3 Å². The normalized spacial score (nSPS) is 22.3. The van der Waals surface area contributed by atoms with Crippen LogP contribution in [0.2, 0.25) is 0 Å². The van der Waals surface area contributed by atoms with Crippen LogP contribution in [0.25, 0.3) is 5.76 Å². The van der Waals surface area contributed by atoms with Gasteiger partial charge in [-0.1, -0.05) is 24.6 Å². The molecule has 101 valence electrons. The van der Waals surface area contributed by atoms with Crippen LogP contribution in [0.5, 0.6) is 0 Å². The Morgan fingerprint density at radius 1 is 1.25 bits per heavy atom. The van der Waals surface area contributed by atoms with E-state index in [1.54, 1.807) is 11.3 Å². The highest BCUT2D eigenvalue weighted by Gasteiger charge is 2.38. The minimum Gasteiger partial charge on any atom is -0.466 e. The molecule has 2 aromatic rings. The van der Waals surface area contributed by atoms with Crippen molar-refractivity contribution in [1.29, 1.82) is 0 Å². The standard InChI is InChI=1S/C16H15N2OS/c1-2-7-13(8-3-1)18-10-14(15-9-17-11-20-15)19-16(18)12-5-4-6-12/h1-3,7-9,11-12,16H,4-6H2. The van der Waals surface area contributed by atoms with E-state index in [4.69, 9.17) is 4.74 Å². The highest BCUT2D eigenvalue weighted by molar-refractivity contribution is 7.10. The van der Waals surface area contributed by atoms with E-state index in [-0.39, 0.29) is 6.23 Å². The Labute approximate surface area is 122 Å².